The maximum absolute atomic E-state index is 11.4. The van der Waals surface area contributed by atoms with Crippen molar-refractivity contribution < 1.29 is 14.1 Å². The van der Waals surface area contributed by atoms with E-state index in [-0.39, 0.29) is 12.1 Å². The van der Waals surface area contributed by atoms with Crippen molar-refractivity contribution in [3.63, 3.8) is 0 Å². The molecule has 7 heteroatoms. The molecule has 1 aromatic heterocycles. The van der Waals surface area contributed by atoms with Crippen LogP contribution in [0, 0.1) is 0 Å². The smallest absolute Gasteiger partial charge is 0.407 e. The summed E-state index contributed by atoms with van der Waals surface area (Å²) in [5.74, 6) is 1.37. The number of carbonyl (C=O) groups is 1. The lowest BCUT2D eigenvalue weighted by Gasteiger charge is -2.31. The minimum atomic E-state index is -0.342. The average molecular weight is 282 g/mol. The molecule has 0 aliphatic carbocycles. The van der Waals surface area contributed by atoms with Crippen LogP contribution in [0.3, 0.4) is 0 Å². The number of piperidine rings is 1. The molecule has 7 nitrogen and oxygen atoms in total. The third kappa shape index (κ3) is 4.19. The van der Waals surface area contributed by atoms with Gasteiger partial charge in [-0.15, -0.1) is 0 Å². The van der Waals surface area contributed by atoms with Crippen LogP contribution in [0.2, 0.25) is 0 Å². The van der Waals surface area contributed by atoms with Gasteiger partial charge in [0.15, 0.2) is 5.82 Å². The van der Waals surface area contributed by atoms with Crippen LogP contribution in [0.25, 0.3) is 0 Å². The van der Waals surface area contributed by atoms with E-state index in [1.165, 1.54) is 0 Å². The maximum Gasteiger partial charge on any atom is 0.407 e. The van der Waals surface area contributed by atoms with E-state index in [0.29, 0.717) is 19.0 Å². The largest absolute Gasteiger partial charge is 0.450 e. The lowest BCUT2D eigenvalue weighted by Crippen LogP contribution is -2.47. The van der Waals surface area contributed by atoms with Crippen LogP contribution in [-0.4, -0.2) is 46.9 Å². The highest BCUT2D eigenvalue weighted by atomic mass is 16.5. The number of amides is 1. The van der Waals surface area contributed by atoms with Crippen LogP contribution in [0.15, 0.2) is 4.52 Å². The van der Waals surface area contributed by atoms with Crippen molar-refractivity contribution in [2.75, 3.05) is 19.7 Å². The number of hydrogen-bond acceptors (Lipinski definition) is 6. The van der Waals surface area contributed by atoms with E-state index in [1.54, 1.807) is 6.92 Å². The van der Waals surface area contributed by atoms with Crippen molar-refractivity contribution in [2.45, 2.75) is 45.7 Å². The summed E-state index contributed by atoms with van der Waals surface area (Å²) in [6.45, 7) is 6.58. The molecule has 0 aromatic carbocycles. The third-order valence-corrected chi connectivity index (χ3v) is 3.29. The summed E-state index contributed by atoms with van der Waals surface area (Å²) in [6, 6.07) is 0.122. The number of nitrogens with zero attached hydrogens (tertiary/aromatic N) is 3. The van der Waals surface area contributed by atoms with E-state index >= 15 is 0 Å². The first-order valence-electron chi connectivity index (χ1n) is 7.18. The first-order chi connectivity index (χ1) is 9.71. The minimum Gasteiger partial charge on any atom is -0.450 e. The van der Waals surface area contributed by atoms with Crippen molar-refractivity contribution in [3.05, 3.63) is 11.7 Å². The second-order valence-corrected chi connectivity index (χ2v) is 4.90. The van der Waals surface area contributed by atoms with Crippen molar-refractivity contribution in [2.24, 2.45) is 0 Å². The predicted molar refractivity (Wildman–Crippen MR) is 72.1 cm³/mol. The predicted octanol–water partition coefficient (Wildman–Crippen LogP) is 1.34. The summed E-state index contributed by atoms with van der Waals surface area (Å²) < 4.78 is 10.1. The molecule has 20 heavy (non-hydrogen) atoms. The van der Waals surface area contributed by atoms with Crippen molar-refractivity contribution in [3.8, 4) is 0 Å². The minimum absolute atomic E-state index is 0.122. The van der Waals surface area contributed by atoms with E-state index < -0.39 is 0 Å². The van der Waals surface area contributed by atoms with Gasteiger partial charge < -0.3 is 14.6 Å². The molecule has 2 rings (SSSR count). The van der Waals surface area contributed by atoms with Crippen molar-refractivity contribution in [1.29, 1.82) is 0 Å². The number of nitrogens with one attached hydrogen (secondary N) is 1. The quantitative estimate of drug-likeness (QED) is 0.878. The Labute approximate surface area is 118 Å². The molecule has 0 bridgehead atoms. The molecule has 1 aliphatic heterocycles. The van der Waals surface area contributed by atoms with Crippen LogP contribution >= 0.6 is 0 Å². The van der Waals surface area contributed by atoms with Crippen LogP contribution in [0.1, 0.15) is 38.4 Å². The molecule has 1 atom stereocenters. The van der Waals surface area contributed by atoms with Crippen molar-refractivity contribution in [1.82, 2.24) is 20.4 Å². The fraction of sp³-hybridized carbons (Fsp3) is 0.769. The average Bonchev–Trinajstić information content (AvgIpc) is 2.87. The van der Waals surface area contributed by atoms with Gasteiger partial charge in [0.1, 0.15) is 0 Å². The summed E-state index contributed by atoms with van der Waals surface area (Å²) in [5.41, 5.74) is 0. The Bertz CT molecular complexity index is 435. The zero-order chi connectivity index (χ0) is 14.4. The van der Waals surface area contributed by atoms with E-state index in [0.717, 1.165) is 38.2 Å². The zero-order valence-electron chi connectivity index (χ0n) is 12.1. The van der Waals surface area contributed by atoms with E-state index in [1.807, 2.05) is 6.92 Å². The lowest BCUT2D eigenvalue weighted by atomic mass is 10.1. The summed E-state index contributed by atoms with van der Waals surface area (Å²) in [4.78, 5) is 17.9. The highest BCUT2D eigenvalue weighted by Gasteiger charge is 2.23. The van der Waals surface area contributed by atoms with E-state index in [2.05, 4.69) is 20.4 Å². The fourth-order valence-electron chi connectivity index (χ4n) is 2.35. The first-order valence-corrected chi connectivity index (χ1v) is 7.18. The Morgan fingerprint density at radius 3 is 3.10 bits per heavy atom. The molecule has 0 spiro atoms. The Hall–Kier alpha value is -1.63. The van der Waals surface area contributed by atoms with Gasteiger partial charge in [-0.1, -0.05) is 12.1 Å². The third-order valence-electron chi connectivity index (χ3n) is 3.29. The Morgan fingerprint density at radius 1 is 1.55 bits per heavy atom. The second kappa shape index (κ2) is 7.23. The SMILES string of the molecule is CCOC(=O)N[C@@H]1CCCN(Cc2nc(CC)no2)C1. The van der Waals surface area contributed by atoms with Crippen LogP contribution in [-0.2, 0) is 17.7 Å². The maximum atomic E-state index is 11.4. The molecule has 1 aromatic rings. The first kappa shape index (κ1) is 14.8. The molecule has 0 radical (unpaired) electrons. The molecule has 1 saturated heterocycles. The van der Waals surface area contributed by atoms with Crippen LogP contribution in [0.5, 0.6) is 0 Å². The molecule has 2 heterocycles. The summed E-state index contributed by atoms with van der Waals surface area (Å²) in [6.07, 6.45) is 2.44. The normalized spacial score (nSPS) is 19.8. The molecule has 1 amide bonds. The topological polar surface area (TPSA) is 80.5 Å². The van der Waals surface area contributed by atoms with Gasteiger partial charge in [-0.3, -0.25) is 4.90 Å². The molecule has 1 aliphatic rings. The van der Waals surface area contributed by atoms with Gasteiger partial charge in [0.2, 0.25) is 5.89 Å². The van der Waals surface area contributed by atoms with Gasteiger partial charge in [-0.2, -0.15) is 4.98 Å². The number of rotatable bonds is 5. The standard InChI is InChI=1S/C13H22N4O3/c1-3-11-15-12(20-16-11)9-17-7-5-6-10(8-17)14-13(18)19-4-2/h10H,3-9H2,1-2H3,(H,14,18)/t10-/m1/s1. The number of likely N-dealkylation sites (tertiary alicyclic amines) is 1. The summed E-state index contributed by atoms with van der Waals surface area (Å²) in [5, 5.41) is 6.77. The van der Waals surface area contributed by atoms with Gasteiger partial charge in [0.25, 0.3) is 0 Å². The molecule has 0 saturated carbocycles. The Kier molecular flexibility index (Phi) is 5.34. The van der Waals surface area contributed by atoms with Gasteiger partial charge in [-0.05, 0) is 26.3 Å². The Morgan fingerprint density at radius 2 is 2.40 bits per heavy atom. The van der Waals surface area contributed by atoms with E-state index in [9.17, 15) is 4.79 Å². The number of aromatic nitrogens is 2. The summed E-state index contributed by atoms with van der Waals surface area (Å²) >= 11 is 0. The van der Waals surface area contributed by atoms with Crippen molar-refractivity contribution >= 4 is 6.09 Å². The van der Waals surface area contributed by atoms with Gasteiger partial charge in [0.05, 0.1) is 13.2 Å². The molecule has 112 valence electrons. The number of carbonyl (C=O) groups excluding carboxylic acids is 1. The van der Waals surface area contributed by atoms with E-state index in [4.69, 9.17) is 9.26 Å². The summed E-state index contributed by atoms with van der Waals surface area (Å²) in [7, 11) is 0. The van der Waals surface area contributed by atoms with Gasteiger partial charge in [-0.25, -0.2) is 4.79 Å². The number of hydrogen-bond donors (Lipinski definition) is 1. The fourth-order valence-corrected chi connectivity index (χ4v) is 2.35. The van der Waals surface area contributed by atoms with Gasteiger partial charge in [0, 0.05) is 19.0 Å². The molecule has 1 N–H and O–H groups in total. The molecule has 1 fully saturated rings. The highest BCUT2D eigenvalue weighted by molar-refractivity contribution is 5.67. The number of alkyl carbamates (subject to hydrolysis) is 1. The zero-order valence-corrected chi connectivity index (χ0v) is 12.1. The molecule has 0 unspecified atom stereocenters. The number of aryl methyl sites for hydroxylation is 1. The van der Waals surface area contributed by atoms with Crippen LogP contribution in [0.4, 0.5) is 4.79 Å². The number of ether oxygens (including phenoxy) is 1. The lowest BCUT2D eigenvalue weighted by molar-refractivity contribution is 0.128. The van der Waals surface area contributed by atoms with Crippen LogP contribution < -0.4 is 5.32 Å². The molecular formula is C13H22N4O3. The monoisotopic (exact) mass is 282 g/mol. The van der Waals surface area contributed by atoms with Gasteiger partial charge >= 0.3 is 6.09 Å². The molecular weight excluding hydrogens is 260 g/mol. The Balaban J connectivity index is 1.82. The highest BCUT2D eigenvalue weighted by Crippen LogP contribution is 2.13. The second-order valence-electron chi connectivity index (χ2n) is 4.90.